The Bertz CT molecular complexity index is 1210. The summed E-state index contributed by atoms with van der Waals surface area (Å²) in [5.74, 6) is -1.70. The molecule has 3 rings (SSSR count). The van der Waals surface area contributed by atoms with Crippen molar-refractivity contribution in [3.05, 3.63) is 82.2 Å². The minimum Gasteiger partial charge on any atom is -0.510 e. The number of fused-ring (bicyclic) bond motifs is 2. The van der Waals surface area contributed by atoms with Crippen LogP contribution in [0, 0.1) is 22.2 Å². The molecule has 2 bridgehead atoms. The lowest BCUT2D eigenvalue weighted by Crippen LogP contribution is -2.67. The molecule has 1 aromatic carbocycles. The summed E-state index contributed by atoms with van der Waals surface area (Å²) in [5.41, 5.74) is -0.218. The highest BCUT2D eigenvalue weighted by Crippen LogP contribution is 2.66. The summed E-state index contributed by atoms with van der Waals surface area (Å²) >= 11 is 0. The highest BCUT2D eigenvalue weighted by molar-refractivity contribution is 6.35. The predicted molar refractivity (Wildman–Crippen MR) is 149 cm³/mol. The van der Waals surface area contributed by atoms with Crippen LogP contribution in [0.2, 0.25) is 0 Å². The minimum absolute atomic E-state index is 0.0456. The van der Waals surface area contributed by atoms with Crippen LogP contribution in [0.5, 0.6) is 0 Å². The number of carbonyl (C=O) groups is 3. The lowest BCUT2D eigenvalue weighted by Gasteiger charge is -2.60. The number of rotatable bonds is 8. The first kappa shape index (κ1) is 28.6. The fourth-order valence-corrected chi connectivity index (χ4v) is 6.14. The maximum atomic E-state index is 14.7. The molecule has 4 heteroatoms. The van der Waals surface area contributed by atoms with Gasteiger partial charge in [0.05, 0.1) is 5.41 Å². The molecule has 2 aliphatic carbocycles. The van der Waals surface area contributed by atoms with Crippen molar-refractivity contribution in [2.24, 2.45) is 22.2 Å². The maximum absolute atomic E-state index is 14.7. The Kier molecular flexibility index (Phi) is 8.02. The minimum atomic E-state index is -1.45. The van der Waals surface area contributed by atoms with Gasteiger partial charge in [-0.05, 0) is 78.6 Å². The second-order valence-corrected chi connectivity index (χ2v) is 12.2. The van der Waals surface area contributed by atoms with Crippen molar-refractivity contribution < 1.29 is 19.5 Å². The van der Waals surface area contributed by atoms with Crippen molar-refractivity contribution >= 4 is 17.3 Å². The van der Waals surface area contributed by atoms with Crippen LogP contribution in [-0.2, 0) is 9.59 Å². The summed E-state index contributed by atoms with van der Waals surface area (Å²) in [7, 11) is 0. The van der Waals surface area contributed by atoms with Crippen molar-refractivity contribution in [1.29, 1.82) is 0 Å². The monoisotopic (exact) mass is 502 g/mol. The number of carbonyl (C=O) groups excluding carboxylic acids is 3. The zero-order valence-electron chi connectivity index (χ0n) is 23.7. The van der Waals surface area contributed by atoms with Gasteiger partial charge in [0.1, 0.15) is 16.7 Å². The number of benzene rings is 1. The first-order valence-electron chi connectivity index (χ1n) is 13.3. The largest absolute Gasteiger partial charge is 0.510 e. The number of aliphatic hydroxyl groups is 1. The van der Waals surface area contributed by atoms with Gasteiger partial charge in [-0.2, -0.15) is 0 Å². The van der Waals surface area contributed by atoms with Crippen LogP contribution in [0.1, 0.15) is 91.4 Å². The van der Waals surface area contributed by atoms with Crippen molar-refractivity contribution in [3.63, 3.8) is 0 Å². The molecule has 0 spiro atoms. The van der Waals surface area contributed by atoms with E-state index in [2.05, 4.69) is 6.08 Å². The molecule has 1 N–H and O–H groups in total. The van der Waals surface area contributed by atoms with Crippen LogP contribution in [0.3, 0.4) is 0 Å². The topological polar surface area (TPSA) is 71.4 Å². The van der Waals surface area contributed by atoms with Crippen LogP contribution in [0.25, 0.3) is 0 Å². The number of aliphatic hydroxyl groups excluding tert-OH is 1. The first-order chi connectivity index (χ1) is 17.2. The molecular weight excluding hydrogens is 460 g/mol. The molecule has 0 aliphatic heterocycles. The molecule has 1 aromatic rings. The van der Waals surface area contributed by atoms with Gasteiger partial charge in [-0.3, -0.25) is 14.4 Å². The molecule has 1 fully saturated rings. The van der Waals surface area contributed by atoms with Crippen LogP contribution in [0.15, 0.2) is 76.6 Å². The van der Waals surface area contributed by atoms with E-state index in [4.69, 9.17) is 0 Å². The summed E-state index contributed by atoms with van der Waals surface area (Å²) in [5, 5.41) is 11.8. The van der Waals surface area contributed by atoms with Gasteiger partial charge in [-0.15, -0.1) is 0 Å². The van der Waals surface area contributed by atoms with Crippen molar-refractivity contribution in [1.82, 2.24) is 0 Å². The first-order valence-corrected chi connectivity index (χ1v) is 13.3. The van der Waals surface area contributed by atoms with Gasteiger partial charge in [0, 0.05) is 5.56 Å². The number of Topliss-reactive ketones (excluding diaryl/α,β-unsaturated/α-hetero) is 3. The second-order valence-electron chi connectivity index (χ2n) is 12.2. The number of hydrogen-bond donors (Lipinski definition) is 1. The van der Waals surface area contributed by atoms with E-state index in [1.54, 1.807) is 30.3 Å². The molecule has 2 aliphatic rings. The second kappa shape index (κ2) is 10.4. The highest BCUT2D eigenvalue weighted by Gasteiger charge is 2.72. The van der Waals surface area contributed by atoms with Crippen LogP contribution in [0.4, 0.5) is 0 Å². The van der Waals surface area contributed by atoms with Crippen molar-refractivity contribution in [2.45, 2.75) is 81.1 Å². The van der Waals surface area contributed by atoms with Gasteiger partial charge in [-0.25, -0.2) is 0 Å². The van der Waals surface area contributed by atoms with E-state index >= 15 is 0 Å². The lowest BCUT2D eigenvalue weighted by molar-refractivity contribution is -0.171. The van der Waals surface area contributed by atoms with E-state index in [0.29, 0.717) is 18.4 Å². The van der Waals surface area contributed by atoms with Gasteiger partial charge in [0.2, 0.25) is 0 Å². The number of ketones is 3. The summed E-state index contributed by atoms with van der Waals surface area (Å²) < 4.78 is 0. The third kappa shape index (κ3) is 4.71. The Morgan fingerprint density at radius 2 is 1.43 bits per heavy atom. The highest BCUT2D eigenvalue weighted by atomic mass is 16.3. The van der Waals surface area contributed by atoms with E-state index in [1.807, 2.05) is 67.5 Å². The standard InChI is InChI=1S/C33H42O4/c1-21(2)14-15-25-20-32(18-16-22(3)4)28(35)26(27(34)24-12-10-9-11-13-24)29(36)33(30(32)37,31(25,7)8)19-17-23(5)6/h9-14,16-17,25,35H,15,18-20H2,1-8H3/t25-,32-,33+/m1/s1. The van der Waals surface area contributed by atoms with E-state index in [9.17, 15) is 19.5 Å². The normalized spacial score (nSPS) is 26.4. The fraction of sp³-hybridized carbons (Fsp3) is 0.485. The van der Waals surface area contributed by atoms with E-state index < -0.39 is 27.8 Å². The van der Waals surface area contributed by atoms with Crippen LogP contribution < -0.4 is 0 Å². The molecule has 0 heterocycles. The Hall–Kier alpha value is -3.01. The van der Waals surface area contributed by atoms with E-state index in [-0.39, 0.29) is 35.9 Å². The summed E-state index contributed by atoms with van der Waals surface area (Å²) in [6.45, 7) is 15.9. The average molecular weight is 503 g/mol. The van der Waals surface area contributed by atoms with Gasteiger partial charge < -0.3 is 5.11 Å². The molecule has 37 heavy (non-hydrogen) atoms. The zero-order valence-corrected chi connectivity index (χ0v) is 23.7. The molecular formula is C33H42O4. The van der Waals surface area contributed by atoms with E-state index in [1.165, 1.54) is 5.57 Å². The Balaban J connectivity index is 2.42. The molecule has 1 saturated carbocycles. The average Bonchev–Trinajstić information content (AvgIpc) is 2.82. The Morgan fingerprint density at radius 1 is 0.892 bits per heavy atom. The third-order valence-electron chi connectivity index (χ3n) is 8.59. The fourth-order valence-electron chi connectivity index (χ4n) is 6.14. The molecule has 198 valence electrons. The smallest absolute Gasteiger partial charge is 0.200 e. The summed E-state index contributed by atoms with van der Waals surface area (Å²) in [4.78, 5) is 43.1. The Morgan fingerprint density at radius 3 is 1.97 bits per heavy atom. The van der Waals surface area contributed by atoms with Gasteiger partial charge in [0.15, 0.2) is 17.3 Å². The van der Waals surface area contributed by atoms with Crippen LogP contribution in [-0.4, -0.2) is 22.5 Å². The quantitative estimate of drug-likeness (QED) is 0.170. The summed E-state index contributed by atoms with van der Waals surface area (Å²) in [6, 6.07) is 8.57. The van der Waals surface area contributed by atoms with Gasteiger partial charge in [0.25, 0.3) is 0 Å². The van der Waals surface area contributed by atoms with Gasteiger partial charge >= 0.3 is 0 Å². The molecule has 0 radical (unpaired) electrons. The molecule has 4 nitrogen and oxygen atoms in total. The maximum Gasteiger partial charge on any atom is 0.200 e. The zero-order chi connectivity index (χ0) is 27.8. The molecule has 0 unspecified atom stereocenters. The predicted octanol–water partition coefficient (Wildman–Crippen LogP) is 7.92. The van der Waals surface area contributed by atoms with E-state index in [0.717, 1.165) is 11.1 Å². The van der Waals surface area contributed by atoms with Crippen molar-refractivity contribution in [2.75, 3.05) is 0 Å². The van der Waals surface area contributed by atoms with Crippen LogP contribution >= 0.6 is 0 Å². The lowest BCUT2D eigenvalue weighted by atomic mass is 9.40. The molecule has 0 amide bonds. The molecule has 0 saturated heterocycles. The Labute approximate surface area is 222 Å². The number of allylic oxidation sites excluding steroid dienone is 8. The van der Waals surface area contributed by atoms with Gasteiger partial charge in [-0.1, -0.05) is 79.1 Å². The van der Waals surface area contributed by atoms with Crippen molar-refractivity contribution in [3.8, 4) is 0 Å². The number of hydrogen-bond acceptors (Lipinski definition) is 4. The molecule has 0 aromatic heterocycles. The molecule has 3 atom stereocenters. The third-order valence-corrected chi connectivity index (χ3v) is 8.59. The SMILES string of the molecule is CC(C)=CC[C@@H]1C[C@@]2(CC=C(C)C)C(=O)[C@](CC=C(C)C)(C(=O)C(C(=O)c3ccccc3)=C2O)C1(C)C. The summed E-state index contributed by atoms with van der Waals surface area (Å²) in [6.07, 6.45) is 7.60.